The maximum absolute atomic E-state index is 13.5. The van der Waals surface area contributed by atoms with Gasteiger partial charge in [0.2, 0.25) is 5.72 Å². The minimum atomic E-state index is -4.45. The van der Waals surface area contributed by atoms with E-state index in [0.717, 1.165) is 17.7 Å². The molecule has 0 spiro atoms. The highest BCUT2D eigenvalue weighted by molar-refractivity contribution is 5.86. The van der Waals surface area contributed by atoms with Gasteiger partial charge in [0.05, 0.1) is 25.0 Å². The summed E-state index contributed by atoms with van der Waals surface area (Å²) in [5.41, 5.74) is -1.29. The Labute approximate surface area is 196 Å². The Bertz CT molecular complexity index is 1040. The fraction of sp³-hybridized carbons (Fsp3) is 0.458. The number of benzene rings is 2. The summed E-state index contributed by atoms with van der Waals surface area (Å²) in [6.07, 6.45) is -4.18. The van der Waals surface area contributed by atoms with E-state index in [1.54, 1.807) is 17.0 Å². The largest absolute Gasteiger partial charge is 0.504 e. The van der Waals surface area contributed by atoms with Gasteiger partial charge in [-0.25, -0.2) is 0 Å². The molecule has 0 radical (unpaired) electrons. The summed E-state index contributed by atoms with van der Waals surface area (Å²) in [5.74, 6) is 0.328. The number of hydrogen-bond donors (Lipinski definition) is 1. The van der Waals surface area contributed by atoms with Crippen LogP contribution >= 0.6 is 0 Å². The lowest BCUT2D eigenvalue weighted by Crippen LogP contribution is -2.73. The third kappa shape index (κ3) is 4.78. The first-order chi connectivity index (χ1) is 16.0. The maximum atomic E-state index is 13.5. The summed E-state index contributed by atoms with van der Waals surface area (Å²) >= 11 is 0. The van der Waals surface area contributed by atoms with Crippen LogP contribution in [0.15, 0.2) is 42.5 Å². The molecule has 2 aromatic carbocycles. The van der Waals surface area contributed by atoms with Crippen molar-refractivity contribution in [3.8, 4) is 17.2 Å². The van der Waals surface area contributed by atoms with E-state index in [-0.39, 0.29) is 23.5 Å². The van der Waals surface area contributed by atoms with Crippen LogP contribution in [0, 0.1) is 0 Å². The third-order valence-electron chi connectivity index (χ3n) is 5.91. The van der Waals surface area contributed by atoms with Crippen molar-refractivity contribution in [1.82, 2.24) is 14.7 Å². The van der Waals surface area contributed by atoms with Gasteiger partial charge in [0, 0.05) is 19.5 Å². The molecule has 1 amide bonds. The Morgan fingerprint density at radius 2 is 1.82 bits per heavy atom. The number of aromatic hydroxyl groups is 1. The number of likely N-dealkylation sites (tertiary alicyclic amines) is 1. The van der Waals surface area contributed by atoms with Crippen molar-refractivity contribution in [3.63, 3.8) is 0 Å². The average Bonchev–Trinajstić information content (AvgIpc) is 2.73. The number of carbonyl (C=O) groups is 1. The van der Waals surface area contributed by atoms with Gasteiger partial charge in [0.15, 0.2) is 11.5 Å². The number of alkyl halides is 3. The van der Waals surface area contributed by atoms with Crippen LogP contribution in [0.5, 0.6) is 17.2 Å². The molecule has 7 nitrogen and oxygen atoms in total. The highest BCUT2D eigenvalue weighted by atomic mass is 19.4. The number of phenols is 1. The van der Waals surface area contributed by atoms with Crippen molar-refractivity contribution < 1.29 is 32.5 Å². The molecule has 10 heteroatoms. The quantitative estimate of drug-likeness (QED) is 0.651. The van der Waals surface area contributed by atoms with Crippen LogP contribution in [-0.4, -0.2) is 64.5 Å². The predicted octanol–water partition coefficient (Wildman–Crippen LogP) is 3.87. The molecule has 34 heavy (non-hydrogen) atoms. The second-order valence-electron chi connectivity index (χ2n) is 9.03. The number of rotatable bonds is 7. The lowest BCUT2D eigenvalue weighted by atomic mass is 9.94. The first-order valence-electron chi connectivity index (χ1n) is 11.1. The van der Waals surface area contributed by atoms with Crippen LogP contribution in [0.25, 0.3) is 0 Å². The van der Waals surface area contributed by atoms with E-state index in [9.17, 15) is 23.1 Å². The Morgan fingerprint density at radius 3 is 2.35 bits per heavy atom. The highest BCUT2D eigenvalue weighted by Gasteiger charge is 2.56. The zero-order chi connectivity index (χ0) is 24.7. The van der Waals surface area contributed by atoms with Gasteiger partial charge in [-0.05, 0) is 62.9 Å². The molecule has 1 atom stereocenters. The third-order valence-corrected chi connectivity index (χ3v) is 5.91. The summed E-state index contributed by atoms with van der Waals surface area (Å²) in [4.78, 5) is 18.9. The van der Waals surface area contributed by atoms with Crippen molar-refractivity contribution in [3.05, 3.63) is 53.6 Å². The van der Waals surface area contributed by atoms with Gasteiger partial charge in [-0.15, -0.1) is 0 Å². The van der Waals surface area contributed by atoms with Crippen molar-refractivity contribution >= 4 is 5.91 Å². The van der Waals surface area contributed by atoms with E-state index in [4.69, 9.17) is 9.47 Å². The van der Waals surface area contributed by atoms with Gasteiger partial charge in [-0.3, -0.25) is 14.6 Å². The first kappa shape index (κ1) is 24.2. The SMILES string of the molecule is CC(C)Oc1cc(CN2CCC2(Oc2ccc(C(F)(F)F)cc2)C(=O)N2CN(C)C2)ccc1O. The van der Waals surface area contributed by atoms with Crippen LogP contribution in [0.4, 0.5) is 13.2 Å². The molecule has 4 rings (SSSR count). The number of halogens is 3. The molecule has 0 saturated carbocycles. The summed E-state index contributed by atoms with van der Waals surface area (Å²) in [6, 6.07) is 9.38. The van der Waals surface area contributed by atoms with E-state index >= 15 is 0 Å². The molecular weight excluding hydrogens is 451 g/mol. The van der Waals surface area contributed by atoms with Gasteiger partial charge in [0.25, 0.3) is 5.91 Å². The zero-order valence-corrected chi connectivity index (χ0v) is 19.3. The van der Waals surface area contributed by atoms with Crippen molar-refractivity contribution in [2.45, 2.75) is 44.8 Å². The van der Waals surface area contributed by atoms with Gasteiger partial charge >= 0.3 is 6.18 Å². The molecule has 2 aliphatic rings. The summed E-state index contributed by atoms with van der Waals surface area (Å²) in [6.45, 7) is 5.52. The Kier molecular flexibility index (Phi) is 6.39. The van der Waals surface area contributed by atoms with E-state index in [1.165, 1.54) is 18.2 Å². The Hall–Kier alpha value is -2.98. The van der Waals surface area contributed by atoms with Crippen LogP contribution in [0.1, 0.15) is 31.4 Å². The van der Waals surface area contributed by atoms with Crippen LogP contribution < -0.4 is 9.47 Å². The molecule has 1 N–H and O–H groups in total. The highest BCUT2D eigenvalue weighted by Crippen LogP contribution is 2.39. The minimum Gasteiger partial charge on any atom is -0.504 e. The number of nitrogens with zero attached hydrogens (tertiary/aromatic N) is 3. The lowest BCUT2D eigenvalue weighted by Gasteiger charge is -2.54. The van der Waals surface area contributed by atoms with Crippen LogP contribution in [0.2, 0.25) is 0 Å². The average molecular weight is 479 g/mol. The van der Waals surface area contributed by atoms with Gasteiger partial charge in [-0.1, -0.05) is 6.07 Å². The summed E-state index contributed by atoms with van der Waals surface area (Å²) in [7, 11) is 1.89. The molecule has 2 aromatic rings. The monoisotopic (exact) mass is 479 g/mol. The van der Waals surface area contributed by atoms with Gasteiger partial charge in [0.1, 0.15) is 5.75 Å². The van der Waals surface area contributed by atoms with Crippen LogP contribution in [-0.2, 0) is 17.5 Å². The second kappa shape index (κ2) is 8.99. The lowest BCUT2D eigenvalue weighted by molar-refractivity contribution is -0.208. The summed E-state index contributed by atoms with van der Waals surface area (Å²) in [5, 5.41) is 10.1. The van der Waals surface area contributed by atoms with Crippen molar-refractivity contribution in [2.75, 3.05) is 26.9 Å². The number of amides is 1. The normalized spacial score (nSPS) is 21.2. The van der Waals surface area contributed by atoms with E-state index < -0.39 is 17.5 Å². The maximum Gasteiger partial charge on any atom is 0.416 e. The molecule has 2 aliphatic heterocycles. The molecular formula is C24H28F3N3O4. The minimum absolute atomic E-state index is 0.0213. The fourth-order valence-corrected chi connectivity index (χ4v) is 4.13. The van der Waals surface area contributed by atoms with Crippen molar-refractivity contribution in [2.24, 2.45) is 0 Å². The molecule has 0 aromatic heterocycles. The van der Waals surface area contributed by atoms with Crippen molar-refractivity contribution in [1.29, 1.82) is 0 Å². The van der Waals surface area contributed by atoms with E-state index in [2.05, 4.69) is 0 Å². The molecule has 0 aliphatic carbocycles. The zero-order valence-electron chi connectivity index (χ0n) is 19.3. The molecule has 184 valence electrons. The second-order valence-corrected chi connectivity index (χ2v) is 9.03. The number of carbonyl (C=O) groups excluding carboxylic acids is 1. The smallest absolute Gasteiger partial charge is 0.416 e. The van der Waals surface area contributed by atoms with Gasteiger partial charge in [-0.2, -0.15) is 13.2 Å². The number of ether oxygens (including phenoxy) is 2. The molecule has 2 saturated heterocycles. The number of hydrogen-bond acceptors (Lipinski definition) is 6. The standard InChI is InChI=1S/C24H28F3N3O4/c1-16(2)33-21-12-17(4-9-20(21)31)13-30-11-10-23(30,22(32)29-14-28(3)15-29)34-19-7-5-18(6-8-19)24(25,26)27/h4-9,12,16,31H,10-11,13-15H2,1-3H3. The van der Waals surface area contributed by atoms with Gasteiger partial charge < -0.3 is 19.5 Å². The molecule has 2 fully saturated rings. The van der Waals surface area contributed by atoms with E-state index in [1.807, 2.05) is 30.7 Å². The van der Waals surface area contributed by atoms with Crippen LogP contribution in [0.3, 0.4) is 0 Å². The molecule has 1 unspecified atom stereocenters. The number of phenolic OH excluding ortho intramolecular Hbond substituents is 1. The topological polar surface area (TPSA) is 65.5 Å². The van der Waals surface area contributed by atoms with E-state index in [0.29, 0.717) is 38.6 Å². The first-order valence-corrected chi connectivity index (χ1v) is 11.1. The molecule has 0 bridgehead atoms. The predicted molar refractivity (Wildman–Crippen MR) is 118 cm³/mol. The summed E-state index contributed by atoms with van der Waals surface area (Å²) < 4.78 is 50.7. The Balaban J connectivity index is 1.58. The molecule has 2 heterocycles. The Morgan fingerprint density at radius 1 is 1.15 bits per heavy atom. The fourth-order valence-electron chi connectivity index (χ4n) is 4.13.